The van der Waals surface area contributed by atoms with E-state index >= 15 is 0 Å². The quantitative estimate of drug-likeness (QED) is 0.727. The number of nitrogens with zero attached hydrogens (tertiary/aromatic N) is 1. The van der Waals surface area contributed by atoms with Crippen molar-refractivity contribution in [2.45, 2.75) is 12.8 Å². The topological polar surface area (TPSA) is 29.5 Å². The van der Waals surface area contributed by atoms with Crippen LogP contribution >= 0.6 is 0 Å². The predicted molar refractivity (Wildman–Crippen MR) is 67.5 cm³/mol. The largest absolute Gasteiger partial charge is 0.494 e. The normalized spacial score (nSPS) is 14.9. The van der Waals surface area contributed by atoms with Gasteiger partial charge >= 0.3 is 0 Å². The zero-order valence-electron chi connectivity index (χ0n) is 10.8. The molecule has 0 bridgehead atoms. The first-order valence-electron chi connectivity index (χ1n) is 6.15. The average Bonchev–Trinajstić information content (AvgIpc) is 3.12. The van der Waals surface area contributed by atoms with Crippen molar-refractivity contribution in [3.05, 3.63) is 29.6 Å². The highest BCUT2D eigenvalue weighted by molar-refractivity contribution is 5.97. The summed E-state index contributed by atoms with van der Waals surface area (Å²) in [6.07, 6.45) is 2.52. The summed E-state index contributed by atoms with van der Waals surface area (Å²) >= 11 is 0. The Morgan fingerprint density at radius 3 is 2.78 bits per heavy atom. The number of methoxy groups -OCH3 is 1. The molecule has 0 saturated heterocycles. The Morgan fingerprint density at radius 2 is 2.22 bits per heavy atom. The Hall–Kier alpha value is -1.42. The van der Waals surface area contributed by atoms with Gasteiger partial charge in [0.25, 0.3) is 0 Å². The molecule has 1 fully saturated rings. The maximum absolute atomic E-state index is 13.5. The number of benzene rings is 1. The van der Waals surface area contributed by atoms with Gasteiger partial charge in [-0.3, -0.25) is 9.69 Å². The minimum absolute atomic E-state index is 0.0558. The molecule has 0 radical (unpaired) electrons. The van der Waals surface area contributed by atoms with E-state index in [4.69, 9.17) is 4.74 Å². The van der Waals surface area contributed by atoms with Gasteiger partial charge in [0, 0.05) is 12.1 Å². The van der Waals surface area contributed by atoms with Crippen LogP contribution in [0.2, 0.25) is 0 Å². The number of likely N-dealkylation sites (N-methyl/N-ethyl adjacent to an activating group) is 1. The number of carbonyl (C=O) groups is 1. The molecule has 18 heavy (non-hydrogen) atoms. The van der Waals surface area contributed by atoms with Gasteiger partial charge in [-0.1, -0.05) is 0 Å². The van der Waals surface area contributed by atoms with Crippen LogP contribution in [-0.4, -0.2) is 37.9 Å². The van der Waals surface area contributed by atoms with Crippen molar-refractivity contribution in [2.24, 2.45) is 5.92 Å². The SMILES string of the molecule is COc1ccc(C(=O)CN(C)CC2CC2)cc1F. The highest BCUT2D eigenvalue weighted by Gasteiger charge is 2.23. The predicted octanol–water partition coefficient (Wildman–Crippen LogP) is 2.36. The van der Waals surface area contributed by atoms with Crippen molar-refractivity contribution >= 4 is 5.78 Å². The van der Waals surface area contributed by atoms with Crippen molar-refractivity contribution < 1.29 is 13.9 Å². The number of carbonyl (C=O) groups excluding carboxylic acids is 1. The second-order valence-corrected chi connectivity index (χ2v) is 4.91. The Morgan fingerprint density at radius 1 is 1.50 bits per heavy atom. The zero-order chi connectivity index (χ0) is 13.1. The lowest BCUT2D eigenvalue weighted by atomic mass is 10.1. The van der Waals surface area contributed by atoms with Crippen LogP contribution in [0.15, 0.2) is 18.2 Å². The fraction of sp³-hybridized carbons (Fsp3) is 0.500. The van der Waals surface area contributed by atoms with Crippen LogP contribution in [0.1, 0.15) is 23.2 Å². The molecule has 1 aliphatic rings. The zero-order valence-corrected chi connectivity index (χ0v) is 10.8. The lowest BCUT2D eigenvalue weighted by molar-refractivity contribution is 0.0943. The summed E-state index contributed by atoms with van der Waals surface area (Å²) in [6, 6.07) is 4.34. The third-order valence-corrected chi connectivity index (χ3v) is 3.15. The van der Waals surface area contributed by atoms with Gasteiger partial charge in [0.2, 0.25) is 0 Å². The van der Waals surface area contributed by atoms with Gasteiger partial charge in [-0.25, -0.2) is 4.39 Å². The minimum atomic E-state index is -0.492. The summed E-state index contributed by atoms with van der Waals surface area (Å²) in [5.41, 5.74) is 0.399. The highest BCUT2D eigenvalue weighted by Crippen LogP contribution is 2.29. The van der Waals surface area contributed by atoms with Gasteiger partial charge in [0.15, 0.2) is 17.3 Å². The van der Waals surface area contributed by atoms with Gasteiger partial charge in [-0.05, 0) is 44.0 Å². The second kappa shape index (κ2) is 5.48. The maximum atomic E-state index is 13.5. The Balaban J connectivity index is 1.97. The third-order valence-electron chi connectivity index (χ3n) is 3.15. The number of ether oxygens (including phenoxy) is 1. The van der Waals surface area contributed by atoms with Gasteiger partial charge in [0.05, 0.1) is 13.7 Å². The fourth-order valence-electron chi connectivity index (χ4n) is 1.98. The fourth-order valence-corrected chi connectivity index (χ4v) is 1.98. The molecule has 1 aliphatic carbocycles. The Bertz CT molecular complexity index is 443. The van der Waals surface area contributed by atoms with E-state index in [1.165, 1.54) is 32.1 Å². The first kappa shape index (κ1) is 13.0. The molecule has 0 aliphatic heterocycles. The number of ketones is 1. The van der Waals surface area contributed by atoms with Crippen LogP contribution in [0, 0.1) is 11.7 Å². The van der Waals surface area contributed by atoms with Crippen LogP contribution in [0.4, 0.5) is 4.39 Å². The summed E-state index contributed by atoms with van der Waals surface area (Å²) in [6.45, 7) is 1.28. The van der Waals surface area contributed by atoms with Crippen LogP contribution < -0.4 is 4.74 Å². The summed E-state index contributed by atoms with van der Waals surface area (Å²) in [7, 11) is 3.33. The van der Waals surface area contributed by atoms with Gasteiger partial charge < -0.3 is 4.74 Å². The van der Waals surface area contributed by atoms with E-state index in [-0.39, 0.29) is 11.5 Å². The monoisotopic (exact) mass is 251 g/mol. The molecular weight excluding hydrogens is 233 g/mol. The second-order valence-electron chi connectivity index (χ2n) is 4.91. The number of hydrogen-bond acceptors (Lipinski definition) is 3. The van der Waals surface area contributed by atoms with Gasteiger partial charge in [0.1, 0.15) is 0 Å². The van der Waals surface area contributed by atoms with Crippen LogP contribution in [-0.2, 0) is 0 Å². The van der Waals surface area contributed by atoms with E-state index in [2.05, 4.69) is 0 Å². The molecule has 2 rings (SSSR count). The number of hydrogen-bond donors (Lipinski definition) is 0. The molecular formula is C14H18FNO2. The minimum Gasteiger partial charge on any atom is -0.494 e. The summed E-state index contributed by atoms with van der Waals surface area (Å²) in [5, 5.41) is 0. The molecule has 3 nitrogen and oxygen atoms in total. The third kappa shape index (κ3) is 3.29. The van der Waals surface area contributed by atoms with Crippen LogP contribution in [0.3, 0.4) is 0 Å². The summed E-state index contributed by atoms with van der Waals surface area (Å²) in [5.74, 6) is 0.362. The molecule has 0 unspecified atom stereocenters. The van der Waals surface area contributed by atoms with Crippen LogP contribution in [0.25, 0.3) is 0 Å². The van der Waals surface area contributed by atoms with Crippen molar-refractivity contribution in [1.82, 2.24) is 4.90 Å². The van der Waals surface area contributed by atoms with Crippen molar-refractivity contribution in [1.29, 1.82) is 0 Å². The molecule has 0 amide bonds. The molecule has 1 aromatic carbocycles. The Kier molecular flexibility index (Phi) is 3.97. The Labute approximate surface area is 107 Å². The molecule has 0 N–H and O–H groups in total. The molecule has 4 heteroatoms. The molecule has 0 spiro atoms. The lowest BCUT2D eigenvalue weighted by Crippen LogP contribution is -2.28. The first-order chi connectivity index (χ1) is 8.60. The molecule has 0 aromatic heterocycles. The van der Waals surface area contributed by atoms with Crippen molar-refractivity contribution in [3.8, 4) is 5.75 Å². The molecule has 1 aromatic rings. The molecule has 0 atom stereocenters. The van der Waals surface area contributed by atoms with Gasteiger partial charge in [-0.15, -0.1) is 0 Å². The van der Waals surface area contributed by atoms with Gasteiger partial charge in [-0.2, -0.15) is 0 Å². The van der Waals surface area contributed by atoms with Crippen molar-refractivity contribution in [3.63, 3.8) is 0 Å². The molecule has 98 valence electrons. The van der Waals surface area contributed by atoms with Crippen LogP contribution in [0.5, 0.6) is 5.75 Å². The number of halogens is 1. The van der Waals surface area contributed by atoms with E-state index in [9.17, 15) is 9.18 Å². The van der Waals surface area contributed by atoms with E-state index in [1.807, 2.05) is 11.9 Å². The standard InChI is InChI=1S/C14H18FNO2/c1-16(8-10-3-4-10)9-13(17)11-5-6-14(18-2)12(15)7-11/h5-7,10H,3-4,8-9H2,1-2H3. The summed E-state index contributed by atoms with van der Waals surface area (Å²) in [4.78, 5) is 14.0. The first-order valence-corrected chi connectivity index (χ1v) is 6.15. The number of Topliss-reactive ketones (excluding diaryl/α,β-unsaturated/α-hetero) is 1. The lowest BCUT2D eigenvalue weighted by Gasteiger charge is -2.15. The van der Waals surface area contributed by atoms with E-state index < -0.39 is 5.82 Å². The molecule has 1 saturated carbocycles. The molecule has 0 heterocycles. The van der Waals surface area contributed by atoms with E-state index in [0.717, 1.165) is 12.5 Å². The average molecular weight is 251 g/mol. The van der Waals surface area contributed by atoms with Crippen molar-refractivity contribution in [2.75, 3.05) is 27.2 Å². The number of rotatable bonds is 6. The highest BCUT2D eigenvalue weighted by atomic mass is 19.1. The van der Waals surface area contributed by atoms with E-state index in [1.54, 1.807) is 6.07 Å². The van der Waals surface area contributed by atoms with E-state index in [0.29, 0.717) is 12.1 Å². The summed E-state index contributed by atoms with van der Waals surface area (Å²) < 4.78 is 18.3. The smallest absolute Gasteiger partial charge is 0.176 e. The maximum Gasteiger partial charge on any atom is 0.176 e.